The highest BCUT2D eigenvalue weighted by molar-refractivity contribution is 9.11. The van der Waals surface area contributed by atoms with Gasteiger partial charge in [0.05, 0.1) is 0 Å². The molecule has 21 heavy (non-hydrogen) atoms. The van der Waals surface area contributed by atoms with Crippen molar-refractivity contribution in [1.82, 2.24) is 14.3 Å². The molecule has 5 nitrogen and oxygen atoms in total. The quantitative estimate of drug-likeness (QED) is 0.589. The lowest BCUT2D eigenvalue weighted by atomic mass is 10.5. The van der Waals surface area contributed by atoms with Gasteiger partial charge in [0.25, 0.3) is 10.0 Å². The van der Waals surface area contributed by atoms with Gasteiger partial charge in [-0.3, -0.25) is 0 Å². The van der Waals surface area contributed by atoms with Gasteiger partial charge in [-0.05, 0) is 72.1 Å². The summed E-state index contributed by atoms with van der Waals surface area (Å²) >= 11 is 9.55. The third-order valence-electron chi connectivity index (χ3n) is 2.12. The molecule has 0 aliphatic heterocycles. The minimum Gasteiger partial charge on any atom is -0.234 e. The van der Waals surface area contributed by atoms with Crippen molar-refractivity contribution >= 4 is 57.8 Å². The van der Waals surface area contributed by atoms with Crippen molar-refractivity contribution < 1.29 is 8.42 Å². The lowest BCUT2D eigenvalue weighted by molar-refractivity contribution is 0.516. The fourth-order valence-electron chi connectivity index (χ4n) is 1.10. The van der Waals surface area contributed by atoms with E-state index in [1.807, 2.05) is 18.2 Å². The highest BCUT2D eigenvalue weighted by atomic mass is 79.9. The van der Waals surface area contributed by atoms with Crippen molar-refractivity contribution in [2.75, 3.05) is 14.1 Å². The Morgan fingerprint density at radius 1 is 0.857 bits per heavy atom. The summed E-state index contributed by atoms with van der Waals surface area (Å²) < 4.78 is 26.4. The van der Waals surface area contributed by atoms with Crippen molar-refractivity contribution in [3.05, 3.63) is 50.2 Å². The first-order chi connectivity index (χ1) is 9.73. The van der Waals surface area contributed by atoms with E-state index in [-0.39, 0.29) is 5.03 Å². The molecule has 0 saturated heterocycles. The van der Waals surface area contributed by atoms with Crippen molar-refractivity contribution in [3.8, 4) is 0 Å². The van der Waals surface area contributed by atoms with Crippen LogP contribution in [0.25, 0.3) is 0 Å². The molecule has 2 rings (SSSR count). The van der Waals surface area contributed by atoms with Crippen LogP contribution in [0.3, 0.4) is 0 Å². The van der Waals surface area contributed by atoms with Crippen LogP contribution in [0.2, 0.25) is 0 Å². The van der Waals surface area contributed by atoms with E-state index in [1.165, 1.54) is 20.2 Å². The molecule has 2 heterocycles. The van der Waals surface area contributed by atoms with Gasteiger partial charge in [0.1, 0.15) is 13.8 Å². The van der Waals surface area contributed by atoms with E-state index in [1.54, 1.807) is 12.1 Å². The van der Waals surface area contributed by atoms with Crippen LogP contribution in [0.4, 0.5) is 0 Å². The van der Waals surface area contributed by atoms with Gasteiger partial charge in [-0.1, -0.05) is 12.1 Å². The SMILES string of the molecule is Brc1cccc(Br)n1.CN(C)S(=O)(=O)c1cccc(Br)n1. The molecule has 2 aromatic heterocycles. The fourth-order valence-corrected chi connectivity index (χ4v) is 3.33. The van der Waals surface area contributed by atoms with E-state index in [0.29, 0.717) is 4.60 Å². The van der Waals surface area contributed by atoms with Gasteiger partial charge >= 0.3 is 0 Å². The number of aromatic nitrogens is 2. The topological polar surface area (TPSA) is 63.2 Å². The number of rotatable bonds is 2. The summed E-state index contributed by atoms with van der Waals surface area (Å²) in [4.78, 5) is 7.86. The van der Waals surface area contributed by atoms with Crippen LogP contribution in [-0.4, -0.2) is 36.8 Å². The van der Waals surface area contributed by atoms with Crippen LogP contribution in [0.15, 0.2) is 55.2 Å². The fraction of sp³-hybridized carbons (Fsp3) is 0.167. The Bertz CT molecular complexity index is 691. The van der Waals surface area contributed by atoms with Crippen molar-refractivity contribution in [1.29, 1.82) is 0 Å². The third-order valence-corrected chi connectivity index (χ3v) is 5.16. The van der Waals surface area contributed by atoms with Crippen LogP contribution in [0.5, 0.6) is 0 Å². The average molecular weight is 502 g/mol. The van der Waals surface area contributed by atoms with Crippen molar-refractivity contribution in [2.24, 2.45) is 0 Å². The minimum absolute atomic E-state index is 0.0480. The Kier molecular flexibility index (Phi) is 7.41. The summed E-state index contributed by atoms with van der Waals surface area (Å²) in [6.45, 7) is 0. The lowest BCUT2D eigenvalue weighted by Crippen LogP contribution is -2.23. The van der Waals surface area contributed by atoms with Gasteiger partial charge in [-0.2, -0.15) is 0 Å². The molecule has 114 valence electrons. The molecule has 0 aromatic carbocycles. The second kappa shape index (κ2) is 8.33. The molecule has 9 heteroatoms. The minimum atomic E-state index is -3.41. The van der Waals surface area contributed by atoms with Crippen LogP contribution in [0.1, 0.15) is 0 Å². The normalized spacial score (nSPS) is 11.0. The Morgan fingerprint density at radius 3 is 1.62 bits per heavy atom. The standard InChI is InChI=1S/C7H9BrN2O2S.C5H3Br2N/c1-10(2)13(11,12)7-5-3-4-6(8)9-7;6-4-2-1-3-5(7)8-4/h3-5H,1-2H3;1-3H. The van der Waals surface area contributed by atoms with Gasteiger partial charge in [-0.25, -0.2) is 22.7 Å². The predicted molar refractivity (Wildman–Crippen MR) is 92.4 cm³/mol. The van der Waals surface area contributed by atoms with E-state index in [4.69, 9.17) is 0 Å². The molecular weight excluding hydrogens is 490 g/mol. The molecule has 0 unspecified atom stereocenters. The average Bonchev–Trinajstić information content (AvgIpc) is 2.39. The van der Waals surface area contributed by atoms with Crippen LogP contribution in [-0.2, 0) is 10.0 Å². The van der Waals surface area contributed by atoms with E-state index >= 15 is 0 Å². The summed E-state index contributed by atoms with van der Waals surface area (Å²) in [6.07, 6.45) is 0. The maximum absolute atomic E-state index is 11.5. The van der Waals surface area contributed by atoms with E-state index < -0.39 is 10.0 Å². The summed E-state index contributed by atoms with van der Waals surface area (Å²) in [7, 11) is -0.467. The molecule has 0 atom stereocenters. The van der Waals surface area contributed by atoms with E-state index in [2.05, 4.69) is 57.8 Å². The molecule has 0 radical (unpaired) electrons. The van der Waals surface area contributed by atoms with E-state index in [0.717, 1.165) is 13.5 Å². The first-order valence-electron chi connectivity index (χ1n) is 5.56. The Hall–Kier alpha value is -0.350. The summed E-state index contributed by atoms with van der Waals surface area (Å²) in [5, 5.41) is 0.0480. The molecule has 0 aliphatic rings. The molecule has 2 aromatic rings. The summed E-state index contributed by atoms with van der Waals surface area (Å²) in [5.41, 5.74) is 0. The molecule has 0 amide bonds. The summed E-state index contributed by atoms with van der Waals surface area (Å²) in [5.74, 6) is 0. The first kappa shape index (κ1) is 18.7. The number of hydrogen-bond acceptors (Lipinski definition) is 4. The first-order valence-corrected chi connectivity index (χ1v) is 9.38. The zero-order valence-corrected chi connectivity index (χ0v) is 16.7. The largest absolute Gasteiger partial charge is 0.260 e. The van der Waals surface area contributed by atoms with Crippen LogP contribution >= 0.6 is 47.8 Å². The maximum atomic E-state index is 11.5. The Morgan fingerprint density at radius 2 is 1.29 bits per heavy atom. The zero-order valence-electron chi connectivity index (χ0n) is 11.2. The Balaban J connectivity index is 0.000000235. The molecule has 0 aliphatic carbocycles. The third kappa shape index (κ3) is 6.11. The second-order valence-corrected chi connectivity index (χ2v) is 8.41. The molecule has 0 bridgehead atoms. The molecule has 0 spiro atoms. The molecule has 0 fully saturated rings. The van der Waals surface area contributed by atoms with Gasteiger partial charge in [-0.15, -0.1) is 0 Å². The van der Waals surface area contributed by atoms with Crippen LogP contribution < -0.4 is 0 Å². The Labute approximate surface area is 149 Å². The smallest absolute Gasteiger partial charge is 0.234 e. The lowest BCUT2D eigenvalue weighted by Gasteiger charge is -2.09. The number of nitrogens with zero attached hydrogens (tertiary/aromatic N) is 3. The molecule has 0 N–H and O–H groups in total. The zero-order chi connectivity index (χ0) is 16.0. The van der Waals surface area contributed by atoms with Gasteiger partial charge in [0.2, 0.25) is 0 Å². The van der Waals surface area contributed by atoms with Gasteiger partial charge in [0.15, 0.2) is 5.03 Å². The number of halogens is 3. The monoisotopic (exact) mass is 499 g/mol. The molecular formula is C12H12Br3N3O2S. The number of hydrogen-bond donors (Lipinski definition) is 0. The maximum Gasteiger partial charge on any atom is 0.260 e. The number of pyridine rings is 2. The predicted octanol–water partition coefficient (Wildman–Crippen LogP) is 3.70. The number of sulfonamides is 1. The van der Waals surface area contributed by atoms with E-state index in [9.17, 15) is 8.42 Å². The second-order valence-electron chi connectivity index (χ2n) is 3.87. The van der Waals surface area contributed by atoms with Crippen molar-refractivity contribution in [3.63, 3.8) is 0 Å². The van der Waals surface area contributed by atoms with Crippen molar-refractivity contribution in [2.45, 2.75) is 5.03 Å². The highest BCUT2D eigenvalue weighted by Crippen LogP contribution is 2.13. The highest BCUT2D eigenvalue weighted by Gasteiger charge is 2.18. The van der Waals surface area contributed by atoms with Crippen LogP contribution in [0, 0.1) is 0 Å². The molecule has 0 saturated carbocycles. The summed E-state index contributed by atoms with van der Waals surface area (Å²) in [6, 6.07) is 10.4. The van der Waals surface area contributed by atoms with Gasteiger partial charge < -0.3 is 0 Å². The van der Waals surface area contributed by atoms with Gasteiger partial charge in [0, 0.05) is 14.1 Å².